The number of thiocarbonyl (C=S) groups is 2. The fraction of sp³-hybridized carbons (Fsp3) is 0. The number of carbonyl (C=O) groups excluding carboxylic acids is 1. The lowest BCUT2D eigenvalue weighted by Crippen LogP contribution is -2.49. The Labute approximate surface area is 149 Å². The molecule has 0 saturated heterocycles. The van der Waals surface area contributed by atoms with Crippen molar-refractivity contribution in [2.24, 2.45) is 0 Å². The lowest BCUT2D eigenvalue weighted by Gasteiger charge is -2.13. The standard InChI is InChI=1S/C15H13ClN4OS2/c16-11-8-6-10(7-9-11)13(21)18-15(23)20-19-14(22)17-12-4-2-1-3-5-12/h1-9H,(H2,17,19,22)(H2,18,20,21,23). The lowest BCUT2D eigenvalue weighted by atomic mass is 10.2. The van der Waals surface area contributed by atoms with Gasteiger partial charge in [-0.2, -0.15) is 0 Å². The number of hydrogen-bond acceptors (Lipinski definition) is 3. The molecule has 0 aromatic heterocycles. The summed E-state index contributed by atoms with van der Waals surface area (Å²) in [6, 6.07) is 15.9. The van der Waals surface area contributed by atoms with E-state index in [0.717, 1.165) is 5.69 Å². The van der Waals surface area contributed by atoms with Crippen LogP contribution in [0, 0.1) is 0 Å². The van der Waals surface area contributed by atoms with Gasteiger partial charge in [0.15, 0.2) is 10.2 Å². The van der Waals surface area contributed by atoms with Gasteiger partial charge in [0, 0.05) is 16.3 Å². The van der Waals surface area contributed by atoms with Crippen LogP contribution in [0.4, 0.5) is 5.69 Å². The Morgan fingerprint density at radius 2 is 1.48 bits per heavy atom. The van der Waals surface area contributed by atoms with Gasteiger partial charge in [-0.15, -0.1) is 0 Å². The third-order valence-electron chi connectivity index (χ3n) is 2.65. The molecule has 2 aromatic carbocycles. The number of carbonyl (C=O) groups is 1. The minimum Gasteiger partial charge on any atom is -0.331 e. The predicted octanol–water partition coefficient (Wildman–Crippen LogP) is 2.85. The number of nitrogens with one attached hydrogen (secondary N) is 4. The monoisotopic (exact) mass is 364 g/mol. The maximum Gasteiger partial charge on any atom is 0.257 e. The first-order valence-electron chi connectivity index (χ1n) is 6.53. The number of rotatable bonds is 2. The SMILES string of the molecule is O=C(NC(=S)NNC(=S)Nc1ccccc1)c1ccc(Cl)cc1. The van der Waals surface area contributed by atoms with E-state index in [2.05, 4.69) is 21.5 Å². The third kappa shape index (κ3) is 5.82. The van der Waals surface area contributed by atoms with E-state index < -0.39 is 0 Å². The summed E-state index contributed by atoms with van der Waals surface area (Å²) in [5.74, 6) is -0.345. The highest BCUT2D eigenvalue weighted by molar-refractivity contribution is 7.80. The Bertz CT molecular complexity index is 707. The van der Waals surface area contributed by atoms with E-state index in [4.69, 9.17) is 36.0 Å². The molecule has 0 heterocycles. The second-order valence-corrected chi connectivity index (χ2v) is 5.61. The average Bonchev–Trinajstić information content (AvgIpc) is 2.54. The molecule has 118 valence electrons. The van der Waals surface area contributed by atoms with Crippen LogP contribution in [0.1, 0.15) is 10.4 Å². The van der Waals surface area contributed by atoms with Gasteiger partial charge >= 0.3 is 0 Å². The number of benzene rings is 2. The second-order valence-electron chi connectivity index (χ2n) is 4.36. The summed E-state index contributed by atoms with van der Waals surface area (Å²) in [5, 5.41) is 6.46. The van der Waals surface area contributed by atoms with Gasteiger partial charge in [-0.1, -0.05) is 29.8 Å². The zero-order valence-corrected chi connectivity index (χ0v) is 14.2. The van der Waals surface area contributed by atoms with Gasteiger partial charge in [-0.05, 0) is 60.8 Å². The van der Waals surface area contributed by atoms with E-state index >= 15 is 0 Å². The van der Waals surface area contributed by atoms with Gasteiger partial charge in [0.2, 0.25) is 0 Å². The van der Waals surface area contributed by atoms with E-state index in [1.807, 2.05) is 30.3 Å². The van der Waals surface area contributed by atoms with Crippen LogP contribution in [-0.4, -0.2) is 16.1 Å². The van der Waals surface area contributed by atoms with Crippen LogP contribution < -0.4 is 21.5 Å². The van der Waals surface area contributed by atoms with Crippen LogP contribution in [0.2, 0.25) is 5.02 Å². The number of hydrogen-bond donors (Lipinski definition) is 4. The first-order valence-corrected chi connectivity index (χ1v) is 7.73. The van der Waals surface area contributed by atoms with E-state index in [0.29, 0.717) is 15.7 Å². The van der Waals surface area contributed by atoms with Crippen molar-refractivity contribution in [1.82, 2.24) is 16.2 Å². The van der Waals surface area contributed by atoms with Crippen LogP contribution in [0.5, 0.6) is 0 Å². The van der Waals surface area contributed by atoms with Crippen molar-refractivity contribution in [3.8, 4) is 0 Å². The molecule has 4 N–H and O–H groups in total. The molecule has 0 aliphatic rings. The molecule has 0 atom stereocenters. The summed E-state index contributed by atoms with van der Waals surface area (Å²) in [6.07, 6.45) is 0. The smallest absolute Gasteiger partial charge is 0.257 e. The number of amides is 1. The highest BCUT2D eigenvalue weighted by Gasteiger charge is 2.07. The molecule has 2 rings (SSSR count). The number of anilines is 1. The Balaban J connectivity index is 1.77. The Hall–Kier alpha value is -2.22. The first kappa shape index (κ1) is 17.1. The van der Waals surface area contributed by atoms with Crippen molar-refractivity contribution in [2.45, 2.75) is 0 Å². The largest absolute Gasteiger partial charge is 0.331 e. The fourth-order valence-corrected chi connectivity index (χ4v) is 2.04. The molecule has 0 saturated carbocycles. The van der Waals surface area contributed by atoms with Crippen molar-refractivity contribution in [3.05, 3.63) is 65.2 Å². The summed E-state index contributed by atoms with van der Waals surface area (Å²) in [5.41, 5.74) is 6.61. The van der Waals surface area contributed by atoms with Crippen LogP contribution in [-0.2, 0) is 0 Å². The molecule has 0 aliphatic heterocycles. The predicted molar refractivity (Wildman–Crippen MR) is 100 cm³/mol. The van der Waals surface area contributed by atoms with Gasteiger partial charge in [0.25, 0.3) is 5.91 Å². The zero-order chi connectivity index (χ0) is 16.7. The first-order chi connectivity index (χ1) is 11.0. The summed E-state index contributed by atoms with van der Waals surface area (Å²) in [6.45, 7) is 0. The number of para-hydroxylation sites is 1. The average molecular weight is 365 g/mol. The molecule has 0 bridgehead atoms. The molecular formula is C15H13ClN4OS2. The minimum absolute atomic E-state index is 0.0992. The van der Waals surface area contributed by atoms with Crippen molar-refractivity contribution in [3.63, 3.8) is 0 Å². The van der Waals surface area contributed by atoms with Gasteiger partial charge in [0.05, 0.1) is 0 Å². The third-order valence-corrected chi connectivity index (χ3v) is 3.31. The van der Waals surface area contributed by atoms with Crippen molar-refractivity contribution in [2.75, 3.05) is 5.32 Å². The quantitative estimate of drug-likeness (QED) is 0.485. The van der Waals surface area contributed by atoms with Crippen LogP contribution in [0.25, 0.3) is 0 Å². The summed E-state index contributed by atoms with van der Waals surface area (Å²) < 4.78 is 0. The fourth-order valence-electron chi connectivity index (χ4n) is 1.61. The number of halogens is 1. The molecule has 1 amide bonds. The maximum absolute atomic E-state index is 11.9. The van der Waals surface area contributed by atoms with Gasteiger partial charge in [-0.3, -0.25) is 21.0 Å². The van der Waals surface area contributed by atoms with Crippen LogP contribution >= 0.6 is 36.0 Å². The van der Waals surface area contributed by atoms with Crippen molar-refractivity contribution in [1.29, 1.82) is 0 Å². The molecule has 0 fully saturated rings. The molecule has 0 aliphatic carbocycles. The molecule has 8 heteroatoms. The molecule has 2 aromatic rings. The summed E-state index contributed by atoms with van der Waals surface area (Å²) in [7, 11) is 0. The van der Waals surface area contributed by atoms with E-state index in [1.165, 1.54) is 0 Å². The molecule has 0 spiro atoms. The lowest BCUT2D eigenvalue weighted by molar-refractivity contribution is 0.0976. The van der Waals surface area contributed by atoms with E-state index in [9.17, 15) is 4.79 Å². The summed E-state index contributed by atoms with van der Waals surface area (Å²) in [4.78, 5) is 11.9. The molecule has 0 unspecified atom stereocenters. The van der Waals surface area contributed by atoms with Gasteiger partial charge < -0.3 is 5.32 Å². The van der Waals surface area contributed by atoms with E-state index in [1.54, 1.807) is 24.3 Å². The number of hydrazine groups is 1. The maximum atomic E-state index is 11.9. The Morgan fingerprint density at radius 3 is 2.13 bits per heavy atom. The highest BCUT2D eigenvalue weighted by atomic mass is 35.5. The van der Waals surface area contributed by atoms with Crippen molar-refractivity contribution < 1.29 is 4.79 Å². The molecule has 5 nitrogen and oxygen atoms in total. The normalized spacial score (nSPS) is 9.61. The topological polar surface area (TPSA) is 65.2 Å². The highest BCUT2D eigenvalue weighted by Crippen LogP contribution is 2.09. The summed E-state index contributed by atoms with van der Waals surface area (Å²) >= 11 is 15.9. The molecule has 0 radical (unpaired) electrons. The van der Waals surface area contributed by atoms with E-state index in [-0.39, 0.29) is 11.0 Å². The van der Waals surface area contributed by atoms with Crippen LogP contribution in [0.3, 0.4) is 0 Å². The molecule has 23 heavy (non-hydrogen) atoms. The Morgan fingerprint density at radius 1 is 0.870 bits per heavy atom. The van der Waals surface area contributed by atoms with Crippen molar-refractivity contribution >= 4 is 57.9 Å². The van der Waals surface area contributed by atoms with Gasteiger partial charge in [-0.25, -0.2) is 0 Å². The van der Waals surface area contributed by atoms with Crippen LogP contribution in [0.15, 0.2) is 54.6 Å². The minimum atomic E-state index is -0.345. The second kappa shape index (κ2) is 8.42. The Kier molecular flexibility index (Phi) is 6.28. The van der Waals surface area contributed by atoms with Gasteiger partial charge in [0.1, 0.15) is 0 Å². The molecular weight excluding hydrogens is 352 g/mol. The zero-order valence-electron chi connectivity index (χ0n) is 11.8.